The summed E-state index contributed by atoms with van der Waals surface area (Å²) in [4.78, 5) is 16.3. The molecular formula is C17H17FN2O2. The molecule has 0 radical (unpaired) electrons. The number of pyridine rings is 1. The van der Waals surface area contributed by atoms with E-state index in [1.807, 2.05) is 28.8 Å². The Morgan fingerprint density at radius 2 is 2.14 bits per heavy atom. The molecule has 22 heavy (non-hydrogen) atoms. The molecule has 0 aliphatic heterocycles. The number of para-hydroxylation sites is 1. The van der Waals surface area contributed by atoms with E-state index in [0.29, 0.717) is 25.1 Å². The summed E-state index contributed by atoms with van der Waals surface area (Å²) in [5.41, 5.74) is 2.20. The minimum Gasteiger partial charge on any atom is -0.462 e. The van der Waals surface area contributed by atoms with Crippen LogP contribution >= 0.6 is 0 Å². The van der Waals surface area contributed by atoms with Gasteiger partial charge in [0, 0.05) is 23.5 Å². The number of nitrogens with zero attached hydrogens (tertiary/aromatic N) is 2. The van der Waals surface area contributed by atoms with Crippen molar-refractivity contribution in [3.63, 3.8) is 0 Å². The summed E-state index contributed by atoms with van der Waals surface area (Å²) >= 11 is 0. The van der Waals surface area contributed by atoms with Crippen LogP contribution in [-0.4, -0.2) is 28.8 Å². The largest absolute Gasteiger partial charge is 0.462 e. The third-order valence-electron chi connectivity index (χ3n) is 3.63. The number of alkyl halides is 1. The van der Waals surface area contributed by atoms with Gasteiger partial charge in [0.05, 0.1) is 24.4 Å². The lowest BCUT2D eigenvalue weighted by Gasteiger charge is -2.05. The van der Waals surface area contributed by atoms with Gasteiger partial charge in [-0.15, -0.1) is 0 Å². The number of fused-ring (bicyclic) bond motifs is 3. The zero-order valence-corrected chi connectivity index (χ0v) is 12.4. The van der Waals surface area contributed by atoms with Crippen LogP contribution in [0.1, 0.15) is 23.7 Å². The zero-order chi connectivity index (χ0) is 15.5. The molecule has 0 bridgehead atoms. The van der Waals surface area contributed by atoms with Crippen LogP contribution < -0.4 is 0 Å². The van der Waals surface area contributed by atoms with E-state index >= 15 is 0 Å². The SMILES string of the molecule is CCOC(=O)c1cnc2c(c1)c1ccccc1n2CCCF. The topological polar surface area (TPSA) is 44.1 Å². The molecule has 5 heteroatoms. The van der Waals surface area contributed by atoms with Crippen LogP contribution in [0.2, 0.25) is 0 Å². The molecule has 0 unspecified atom stereocenters. The van der Waals surface area contributed by atoms with E-state index in [-0.39, 0.29) is 12.6 Å². The zero-order valence-electron chi connectivity index (χ0n) is 12.4. The van der Waals surface area contributed by atoms with Crippen molar-refractivity contribution in [2.45, 2.75) is 19.9 Å². The first-order valence-corrected chi connectivity index (χ1v) is 7.36. The fourth-order valence-electron chi connectivity index (χ4n) is 2.69. The molecule has 1 aromatic carbocycles. The summed E-state index contributed by atoms with van der Waals surface area (Å²) in [6.45, 7) is 2.29. The van der Waals surface area contributed by atoms with E-state index in [2.05, 4.69) is 4.98 Å². The van der Waals surface area contributed by atoms with Gasteiger partial charge in [-0.3, -0.25) is 4.39 Å². The standard InChI is InChI=1S/C17H17FN2O2/c1-2-22-17(21)12-10-14-13-6-3-4-7-15(13)20(9-5-8-18)16(14)19-11-12/h3-4,6-7,10-11H,2,5,8-9H2,1H3. The number of esters is 1. The predicted octanol–water partition coefficient (Wildman–Crippen LogP) is 3.73. The molecule has 0 fully saturated rings. The summed E-state index contributed by atoms with van der Waals surface area (Å²) < 4.78 is 19.6. The monoisotopic (exact) mass is 300 g/mol. The van der Waals surface area contributed by atoms with Crippen molar-refractivity contribution in [1.29, 1.82) is 0 Å². The average Bonchev–Trinajstić information content (AvgIpc) is 2.86. The van der Waals surface area contributed by atoms with Gasteiger partial charge in [-0.1, -0.05) is 18.2 Å². The second-order valence-electron chi connectivity index (χ2n) is 5.03. The first kappa shape index (κ1) is 14.5. The van der Waals surface area contributed by atoms with E-state index in [4.69, 9.17) is 4.74 Å². The Kier molecular flexibility index (Phi) is 4.04. The van der Waals surface area contributed by atoms with Crippen molar-refractivity contribution >= 4 is 27.9 Å². The molecule has 2 heterocycles. The highest BCUT2D eigenvalue weighted by Gasteiger charge is 2.14. The normalized spacial score (nSPS) is 11.2. The summed E-state index contributed by atoms with van der Waals surface area (Å²) in [5.74, 6) is -0.377. The molecule has 3 aromatic rings. The summed E-state index contributed by atoms with van der Waals surface area (Å²) in [6.07, 6.45) is 1.96. The Morgan fingerprint density at radius 3 is 2.91 bits per heavy atom. The predicted molar refractivity (Wildman–Crippen MR) is 83.8 cm³/mol. The quantitative estimate of drug-likeness (QED) is 0.674. The highest BCUT2D eigenvalue weighted by Crippen LogP contribution is 2.28. The maximum atomic E-state index is 12.5. The maximum absolute atomic E-state index is 12.5. The molecule has 4 nitrogen and oxygen atoms in total. The number of halogens is 1. The van der Waals surface area contributed by atoms with Gasteiger partial charge in [0.15, 0.2) is 0 Å². The van der Waals surface area contributed by atoms with Gasteiger partial charge in [0.1, 0.15) is 5.65 Å². The molecule has 0 aliphatic rings. The van der Waals surface area contributed by atoms with Crippen LogP contribution in [0.5, 0.6) is 0 Å². The van der Waals surface area contributed by atoms with Crippen molar-refractivity contribution in [3.05, 3.63) is 42.1 Å². The third kappa shape index (κ3) is 2.43. The molecule has 0 amide bonds. The van der Waals surface area contributed by atoms with Gasteiger partial charge >= 0.3 is 5.97 Å². The molecule has 0 saturated carbocycles. The molecule has 2 aromatic heterocycles. The van der Waals surface area contributed by atoms with Gasteiger partial charge in [0.25, 0.3) is 0 Å². The molecule has 0 atom stereocenters. The molecule has 0 saturated heterocycles. The van der Waals surface area contributed by atoms with Crippen LogP contribution in [0.3, 0.4) is 0 Å². The lowest BCUT2D eigenvalue weighted by molar-refractivity contribution is 0.0526. The Labute approximate surface area is 127 Å². The van der Waals surface area contributed by atoms with Crippen LogP contribution in [0.15, 0.2) is 36.5 Å². The highest BCUT2D eigenvalue weighted by molar-refractivity contribution is 6.08. The number of benzene rings is 1. The number of ether oxygens (including phenoxy) is 1. The van der Waals surface area contributed by atoms with Crippen LogP contribution in [0, 0.1) is 0 Å². The summed E-state index contributed by atoms with van der Waals surface area (Å²) in [7, 11) is 0. The highest BCUT2D eigenvalue weighted by atomic mass is 19.1. The maximum Gasteiger partial charge on any atom is 0.339 e. The molecule has 0 N–H and O–H groups in total. The van der Waals surface area contributed by atoms with Crippen LogP contribution in [0.4, 0.5) is 4.39 Å². The lowest BCUT2D eigenvalue weighted by Crippen LogP contribution is -2.05. The van der Waals surface area contributed by atoms with Crippen molar-refractivity contribution in [3.8, 4) is 0 Å². The van der Waals surface area contributed by atoms with Crippen molar-refractivity contribution in [2.75, 3.05) is 13.3 Å². The van der Waals surface area contributed by atoms with Crippen molar-refractivity contribution in [2.24, 2.45) is 0 Å². The van der Waals surface area contributed by atoms with Crippen LogP contribution in [0.25, 0.3) is 21.9 Å². The lowest BCUT2D eigenvalue weighted by atomic mass is 10.1. The molecule has 0 aliphatic carbocycles. The van der Waals surface area contributed by atoms with E-state index < -0.39 is 0 Å². The minimum absolute atomic E-state index is 0.329. The Hall–Kier alpha value is -2.43. The minimum atomic E-state index is -0.377. The summed E-state index contributed by atoms with van der Waals surface area (Å²) in [6, 6.07) is 9.66. The van der Waals surface area contributed by atoms with E-state index in [1.54, 1.807) is 13.0 Å². The van der Waals surface area contributed by atoms with Crippen molar-refractivity contribution < 1.29 is 13.9 Å². The average molecular weight is 300 g/mol. The Bertz CT molecular complexity index is 826. The van der Waals surface area contributed by atoms with Gasteiger partial charge in [-0.05, 0) is 25.5 Å². The van der Waals surface area contributed by atoms with E-state index in [1.165, 1.54) is 6.20 Å². The number of hydrogen-bond acceptors (Lipinski definition) is 3. The Balaban J connectivity index is 2.19. The van der Waals surface area contributed by atoms with Gasteiger partial charge in [-0.25, -0.2) is 9.78 Å². The second kappa shape index (κ2) is 6.13. The van der Waals surface area contributed by atoms with E-state index in [0.717, 1.165) is 21.9 Å². The number of aryl methyl sites for hydroxylation is 1. The number of hydrogen-bond donors (Lipinski definition) is 0. The van der Waals surface area contributed by atoms with Crippen LogP contribution in [-0.2, 0) is 11.3 Å². The van der Waals surface area contributed by atoms with Gasteiger partial charge < -0.3 is 9.30 Å². The Morgan fingerprint density at radius 1 is 1.32 bits per heavy atom. The van der Waals surface area contributed by atoms with Gasteiger partial charge in [0.2, 0.25) is 0 Å². The molecule has 0 spiro atoms. The number of rotatable bonds is 5. The molecular weight excluding hydrogens is 283 g/mol. The molecule has 3 rings (SSSR count). The van der Waals surface area contributed by atoms with Gasteiger partial charge in [-0.2, -0.15) is 0 Å². The van der Waals surface area contributed by atoms with E-state index in [9.17, 15) is 9.18 Å². The number of carbonyl (C=O) groups is 1. The first-order valence-electron chi connectivity index (χ1n) is 7.36. The third-order valence-corrected chi connectivity index (χ3v) is 3.63. The first-order chi connectivity index (χ1) is 10.8. The fourth-order valence-corrected chi connectivity index (χ4v) is 2.69. The smallest absolute Gasteiger partial charge is 0.339 e. The second-order valence-corrected chi connectivity index (χ2v) is 5.03. The van der Waals surface area contributed by atoms with Crippen molar-refractivity contribution in [1.82, 2.24) is 9.55 Å². The fraction of sp³-hybridized carbons (Fsp3) is 0.294. The summed E-state index contributed by atoms with van der Waals surface area (Å²) in [5, 5.41) is 1.90. The molecule has 114 valence electrons. The number of carbonyl (C=O) groups excluding carboxylic acids is 1. The number of aromatic nitrogens is 2.